The minimum atomic E-state index is -0.226. The number of hydrogen-bond acceptors (Lipinski definition) is 3. The number of anilines is 1. The lowest BCUT2D eigenvalue weighted by molar-refractivity contribution is -0.120. The zero-order valence-electron chi connectivity index (χ0n) is 17.6. The second kappa shape index (κ2) is 7.51. The van der Waals surface area contributed by atoms with Crippen molar-refractivity contribution in [3.8, 4) is 0 Å². The third-order valence-electron chi connectivity index (χ3n) is 5.91. The summed E-state index contributed by atoms with van der Waals surface area (Å²) in [4.78, 5) is 30.8. The number of carbonyl (C=O) groups excluding carboxylic acids is 2. The van der Waals surface area contributed by atoms with Gasteiger partial charge < -0.3 is 4.90 Å². The molecular formula is C25H28N2O2. The quantitative estimate of drug-likeness (QED) is 0.724. The van der Waals surface area contributed by atoms with Gasteiger partial charge in [-0.05, 0) is 54.9 Å². The standard InChI is InChI=1S/C25H28N2O2/c1-16-10-11-19(4)21(13-16)27-24(28)22(20-8-6-5-7-9-20)23(25(27)29)26-14-17(2)12-18(3)15-26/h5-11,13,17-18H,12,14-15H2,1-4H3. The van der Waals surface area contributed by atoms with Gasteiger partial charge in [0, 0.05) is 13.1 Å². The van der Waals surface area contributed by atoms with Crippen LogP contribution in [0.15, 0.2) is 54.2 Å². The zero-order chi connectivity index (χ0) is 20.7. The van der Waals surface area contributed by atoms with Crippen LogP contribution in [0.2, 0.25) is 0 Å². The highest BCUT2D eigenvalue weighted by atomic mass is 16.2. The Labute approximate surface area is 172 Å². The molecule has 0 N–H and O–H groups in total. The van der Waals surface area contributed by atoms with Crippen molar-refractivity contribution in [1.82, 2.24) is 4.90 Å². The number of piperidine rings is 1. The lowest BCUT2D eigenvalue weighted by atomic mass is 9.91. The molecule has 2 aliphatic heterocycles. The van der Waals surface area contributed by atoms with Crippen LogP contribution in [0.5, 0.6) is 0 Å². The van der Waals surface area contributed by atoms with Crippen molar-refractivity contribution in [2.24, 2.45) is 11.8 Å². The van der Waals surface area contributed by atoms with Gasteiger partial charge in [-0.15, -0.1) is 0 Å². The van der Waals surface area contributed by atoms with Gasteiger partial charge in [0.15, 0.2) is 0 Å². The van der Waals surface area contributed by atoms with Gasteiger partial charge >= 0.3 is 0 Å². The number of imide groups is 1. The van der Waals surface area contributed by atoms with E-state index in [2.05, 4.69) is 18.7 Å². The maximum Gasteiger partial charge on any atom is 0.282 e. The molecule has 29 heavy (non-hydrogen) atoms. The van der Waals surface area contributed by atoms with Crippen LogP contribution in [-0.4, -0.2) is 29.8 Å². The molecule has 0 aromatic heterocycles. The minimum absolute atomic E-state index is 0.205. The monoisotopic (exact) mass is 388 g/mol. The van der Waals surface area contributed by atoms with E-state index in [1.807, 2.05) is 62.4 Å². The second-order valence-corrected chi connectivity index (χ2v) is 8.68. The largest absolute Gasteiger partial charge is 0.366 e. The summed E-state index contributed by atoms with van der Waals surface area (Å²) in [6.45, 7) is 9.96. The smallest absolute Gasteiger partial charge is 0.282 e. The van der Waals surface area contributed by atoms with Gasteiger partial charge in [-0.2, -0.15) is 0 Å². The number of carbonyl (C=O) groups is 2. The predicted molar refractivity (Wildman–Crippen MR) is 116 cm³/mol. The lowest BCUT2D eigenvalue weighted by Gasteiger charge is -2.37. The van der Waals surface area contributed by atoms with Gasteiger partial charge in [0.2, 0.25) is 0 Å². The fraction of sp³-hybridized carbons (Fsp3) is 0.360. The Kier molecular flexibility index (Phi) is 5.03. The molecule has 150 valence electrons. The molecule has 2 atom stereocenters. The van der Waals surface area contributed by atoms with E-state index in [9.17, 15) is 9.59 Å². The van der Waals surface area contributed by atoms with Crippen LogP contribution in [0, 0.1) is 25.7 Å². The molecule has 4 rings (SSSR count). The molecule has 2 amide bonds. The molecule has 0 radical (unpaired) electrons. The van der Waals surface area contributed by atoms with E-state index in [-0.39, 0.29) is 11.8 Å². The Hall–Kier alpha value is -2.88. The molecule has 2 aromatic carbocycles. The minimum Gasteiger partial charge on any atom is -0.366 e. The molecule has 0 bridgehead atoms. The SMILES string of the molecule is Cc1ccc(C)c(N2C(=O)C(c3ccccc3)=C(N3CC(C)CC(C)C3)C2=O)c1. The first-order chi connectivity index (χ1) is 13.9. The number of likely N-dealkylation sites (tertiary alicyclic amines) is 1. The highest BCUT2D eigenvalue weighted by molar-refractivity contribution is 6.45. The number of hydrogen-bond donors (Lipinski definition) is 0. The van der Waals surface area contributed by atoms with Crippen LogP contribution in [0.25, 0.3) is 5.57 Å². The van der Waals surface area contributed by atoms with Crippen LogP contribution >= 0.6 is 0 Å². The summed E-state index contributed by atoms with van der Waals surface area (Å²) in [6.07, 6.45) is 1.15. The molecule has 0 spiro atoms. The van der Waals surface area contributed by atoms with Crippen molar-refractivity contribution in [3.63, 3.8) is 0 Å². The van der Waals surface area contributed by atoms with Crippen LogP contribution in [0.3, 0.4) is 0 Å². The lowest BCUT2D eigenvalue weighted by Crippen LogP contribution is -2.42. The maximum absolute atomic E-state index is 13.7. The van der Waals surface area contributed by atoms with Crippen molar-refractivity contribution in [3.05, 3.63) is 70.9 Å². The first kappa shape index (κ1) is 19.4. The average Bonchev–Trinajstić information content (AvgIpc) is 2.94. The molecule has 1 saturated heterocycles. The van der Waals surface area contributed by atoms with E-state index >= 15 is 0 Å². The van der Waals surface area contributed by atoms with E-state index in [4.69, 9.17) is 0 Å². The summed E-state index contributed by atoms with van der Waals surface area (Å²) in [5.74, 6) is 0.543. The molecule has 0 saturated carbocycles. The molecule has 4 nitrogen and oxygen atoms in total. The second-order valence-electron chi connectivity index (χ2n) is 8.68. The van der Waals surface area contributed by atoms with Crippen LogP contribution in [0.4, 0.5) is 5.69 Å². The van der Waals surface area contributed by atoms with Gasteiger partial charge in [-0.25, -0.2) is 4.90 Å². The topological polar surface area (TPSA) is 40.6 Å². The molecular weight excluding hydrogens is 360 g/mol. The first-order valence-corrected chi connectivity index (χ1v) is 10.4. The maximum atomic E-state index is 13.7. The van der Waals surface area contributed by atoms with Gasteiger partial charge in [-0.3, -0.25) is 9.59 Å². The van der Waals surface area contributed by atoms with Crippen molar-refractivity contribution in [2.45, 2.75) is 34.1 Å². The van der Waals surface area contributed by atoms with Crippen molar-refractivity contribution in [1.29, 1.82) is 0 Å². The van der Waals surface area contributed by atoms with Crippen molar-refractivity contribution in [2.75, 3.05) is 18.0 Å². The fourth-order valence-corrected chi connectivity index (χ4v) is 4.70. The van der Waals surface area contributed by atoms with Crippen LogP contribution < -0.4 is 4.90 Å². The Balaban J connectivity index is 1.86. The third-order valence-corrected chi connectivity index (χ3v) is 5.91. The number of rotatable bonds is 3. The summed E-state index contributed by atoms with van der Waals surface area (Å²) in [7, 11) is 0. The summed E-state index contributed by atoms with van der Waals surface area (Å²) in [5, 5.41) is 0. The van der Waals surface area contributed by atoms with Gasteiger partial charge in [0.05, 0.1) is 11.3 Å². The van der Waals surface area contributed by atoms with Crippen molar-refractivity contribution < 1.29 is 9.59 Å². The van der Waals surface area contributed by atoms with E-state index in [1.54, 1.807) is 0 Å². The molecule has 4 heteroatoms. The summed E-state index contributed by atoms with van der Waals surface area (Å²) >= 11 is 0. The Bertz CT molecular complexity index is 983. The summed E-state index contributed by atoms with van der Waals surface area (Å²) < 4.78 is 0. The number of nitrogens with zero attached hydrogens (tertiary/aromatic N) is 2. The van der Waals surface area contributed by atoms with Crippen molar-refractivity contribution >= 4 is 23.1 Å². The number of benzene rings is 2. The molecule has 2 heterocycles. The molecule has 2 aromatic rings. The van der Waals surface area contributed by atoms with Crippen LogP contribution in [-0.2, 0) is 9.59 Å². The van der Waals surface area contributed by atoms with Gasteiger partial charge in [0.25, 0.3) is 11.8 Å². The molecule has 0 aliphatic carbocycles. The predicted octanol–water partition coefficient (Wildman–Crippen LogP) is 4.57. The molecule has 1 fully saturated rings. The number of amides is 2. The van der Waals surface area contributed by atoms with Gasteiger partial charge in [0.1, 0.15) is 5.70 Å². The van der Waals surface area contributed by atoms with E-state index in [0.29, 0.717) is 28.8 Å². The first-order valence-electron chi connectivity index (χ1n) is 10.4. The zero-order valence-corrected chi connectivity index (χ0v) is 17.6. The normalized spacial score (nSPS) is 22.6. The highest BCUT2D eigenvalue weighted by Gasteiger charge is 2.44. The van der Waals surface area contributed by atoms with E-state index < -0.39 is 0 Å². The molecule has 2 aliphatic rings. The number of aryl methyl sites for hydroxylation is 2. The van der Waals surface area contributed by atoms with E-state index in [0.717, 1.165) is 36.2 Å². The average molecular weight is 389 g/mol. The van der Waals surface area contributed by atoms with Gasteiger partial charge in [-0.1, -0.05) is 56.3 Å². The third kappa shape index (κ3) is 3.48. The van der Waals surface area contributed by atoms with E-state index in [1.165, 1.54) is 4.90 Å². The Morgan fingerprint density at radius 2 is 1.52 bits per heavy atom. The summed E-state index contributed by atoms with van der Waals surface area (Å²) in [5.41, 5.74) is 4.52. The Morgan fingerprint density at radius 3 is 2.17 bits per heavy atom. The Morgan fingerprint density at radius 1 is 0.862 bits per heavy atom. The summed E-state index contributed by atoms with van der Waals surface area (Å²) in [6, 6.07) is 15.5. The fourth-order valence-electron chi connectivity index (χ4n) is 4.70. The van der Waals surface area contributed by atoms with Crippen LogP contribution in [0.1, 0.15) is 37.0 Å². The highest BCUT2D eigenvalue weighted by Crippen LogP contribution is 2.38. The molecule has 2 unspecified atom stereocenters.